The molecule has 0 spiro atoms. The van der Waals surface area contributed by atoms with Gasteiger partial charge in [-0.1, -0.05) is 6.07 Å². The maximum atomic E-state index is 13.3. The summed E-state index contributed by atoms with van der Waals surface area (Å²) in [5.74, 6) is -1.12. The lowest BCUT2D eigenvalue weighted by molar-refractivity contribution is -0.132. The van der Waals surface area contributed by atoms with Crippen LogP contribution in [0.5, 0.6) is 0 Å². The van der Waals surface area contributed by atoms with E-state index in [0.29, 0.717) is 0 Å². The van der Waals surface area contributed by atoms with Crippen LogP contribution in [0.3, 0.4) is 0 Å². The molecule has 0 aromatic heterocycles. The van der Waals surface area contributed by atoms with Gasteiger partial charge in [-0.3, -0.25) is 0 Å². The Kier molecular flexibility index (Phi) is 4.17. The van der Waals surface area contributed by atoms with Gasteiger partial charge in [0, 0.05) is 6.54 Å². The lowest BCUT2D eigenvalue weighted by atomic mass is 10.3. The molecule has 0 aliphatic rings. The number of nitrogens with one attached hydrogen (secondary N) is 1. The molecular weight excluding hydrogens is 276 g/mol. The fourth-order valence-electron chi connectivity index (χ4n) is 1.21. The molecule has 102 valence electrons. The molecule has 1 rings (SSSR count). The quantitative estimate of drug-likeness (QED) is 0.653. The van der Waals surface area contributed by atoms with Crippen molar-refractivity contribution in [3.05, 3.63) is 24.0 Å². The standard InChI is InChI=1S/C9H10F4N2O2S/c10-6-2-1-3-7(14)8(6)18(16,17)15-5-4-9(11,12)13/h1-3,15H,4-5,14H2. The summed E-state index contributed by atoms with van der Waals surface area (Å²) in [7, 11) is -4.39. The molecule has 0 aliphatic heterocycles. The zero-order valence-electron chi connectivity index (χ0n) is 8.96. The molecule has 0 fully saturated rings. The van der Waals surface area contributed by atoms with E-state index in [1.165, 1.54) is 6.07 Å². The Bertz CT molecular complexity index is 508. The number of sulfonamides is 1. The van der Waals surface area contributed by atoms with Crippen LogP contribution in [0.4, 0.5) is 23.2 Å². The molecule has 4 nitrogen and oxygen atoms in total. The zero-order chi connectivity index (χ0) is 14.0. The van der Waals surface area contributed by atoms with Crippen LogP contribution in [0, 0.1) is 5.82 Å². The first-order valence-electron chi connectivity index (χ1n) is 4.74. The van der Waals surface area contributed by atoms with Crippen molar-refractivity contribution >= 4 is 15.7 Å². The Morgan fingerprint density at radius 2 is 1.89 bits per heavy atom. The fourth-order valence-corrected chi connectivity index (χ4v) is 2.43. The molecule has 0 aliphatic carbocycles. The Hall–Kier alpha value is -1.35. The first-order valence-corrected chi connectivity index (χ1v) is 6.22. The fraction of sp³-hybridized carbons (Fsp3) is 0.333. The van der Waals surface area contributed by atoms with Gasteiger partial charge in [0.1, 0.15) is 10.7 Å². The number of nitrogens with two attached hydrogens (primary N) is 1. The molecule has 3 N–H and O–H groups in total. The van der Waals surface area contributed by atoms with E-state index < -0.39 is 39.9 Å². The molecule has 1 aromatic carbocycles. The van der Waals surface area contributed by atoms with Gasteiger partial charge in [0.2, 0.25) is 10.0 Å². The van der Waals surface area contributed by atoms with Crippen LogP contribution in [0.15, 0.2) is 23.1 Å². The lowest BCUT2D eigenvalue weighted by Gasteiger charge is -2.10. The Morgan fingerprint density at radius 1 is 1.28 bits per heavy atom. The van der Waals surface area contributed by atoms with E-state index in [2.05, 4.69) is 0 Å². The van der Waals surface area contributed by atoms with Gasteiger partial charge in [0.15, 0.2) is 0 Å². The van der Waals surface area contributed by atoms with Crippen molar-refractivity contribution in [2.45, 2.75) is 17.5 Å². The molecule has 0 unspecified atom stereocenters. The molecule has 0 saturated heterocycles. The first kappa shape index (κ1) is 14.7. The largest absolute Gasteiger partial charge is 0.398 e. The first-order chi connectivity index (χ1) is 8.13. The van der Waals surface area contributed by atoms with Gasteiger partial charge in [0.05, 0.1) is 12.1 Å². The molecule has 0 heterocycles. The average Bonchev–Trinajstić information content (AvgIpc) is 2.13. The van der Waals surface area contributed by atoms with Crippen LogP contribution in [0.1, 0.15) is 6.42 Å². The van der Waals surface area contributed by atoms with Crippen molar-refractivity contribution in [3.63, 3.8) is 0 Å². The molecule has 0 atom stereocenters. The second-order valence-electron chi connectivity index (χ2n) is 3.42. The number of anilines is 1. The Balaban J connectivity index is 2.88. The van der Waals surface area contributed by atoms with E-state index in [4.69, 9.17) is 5.73 Å². The second-order valence-corrected chi connectivity index (χ2v) is 5.12. The van der Waals surface area contributed by atoms with Gasteiger partial charge < -0.3 is 5.73 Å². The van der Waals surface area contributed by atoms with Crippen molar-refractivity contribution in [2.75, 3.05) is 12.3 Å². The second kappa shape index (κ2) is 5.11. The van der Waals surface area contributed by atoms with Gasteiger partial charge in [-0.15, -0.1) is 0 Å². The summed E-state index contributed by atoms with van der Waals surface area (Å²) < 4.78 is 73.6. The number of benzene rings is 1. The summed E-state index contributed by atoms with van der Waals surface area (Å²) in [6.07, 6.45) is -5.84. The van der Waals surface area contributed by atoms with E-state index in [0.717, 1.165) is 12.1 Å². The van der Waals surface area contributed by atoms with Crippen LogP contribution in [0.25, 0.3) is 0 Å². The highest BCUT2D eigenvalue weighted by Gasteiger charge is 2.28. The third-order valence-corrected chi connectivity index (χ3v) is 3.52. The summed E-state index contributed by atoms with van der Waals surface area (Å²) in [5.41, 5.74) is 4.92. The van der Waals surface area contributed by atoms with Crippen molar-refractivity contribution in [1.29, 1.82) is 0 Å². The summed E-state index contributed by atoms with van der Waals surface area (Å²) in [4.78, 5) is -0.841. The van der Waals surface area contributed by atoms with E-state index in [9.17, 15) is 26.0 Å². The topological polar surface area (TPSA) is 72.2 Å². The molecular formula is C9H10F4N2O2S. The van der Waals surface area contributed by atoms with E-state index >= 15 is 0 Å². The van der Waals surface area contributed by atoms with Crippen LogP contribution < -0.4 is 10.5 Å². The van der Waals surface area contributed by atoms with Crippen LogP contribution >= 0.6 is 0 Å². The number of hydrogen-bond donors (Lipinski definition) is 2. The maximum absolute atomic E-state index is 13.3. The Labute approximate surface area is 101 Å². The molecule has 1 aromatic rings. The van der Waals surface area contributed by atoms with Gasteiger partial charge in [-0.05, 0) is 12.1 Å². The van der Waals surface area contributed by atoms with Crippen molar-refractivity contribution in [3.8, 4) is 0 Å². The molecule has 0 amide bonds. The van der Waals surface area contributed by atoms with Gasteiger partial charge in [-0.25, -0.2) is 17.5 Å². The van der Waals surface area contributed by atoms with E-state index in [1.54, 1.807) is 4.72 Å². The van der Waals surface area contributed by atoms with Crippen LogP contribution in [-0.2, 0) is 10.0 Å². The predicted octanol–water partition coefficient (Wildman–Crippen LogP) is 1.64. The SMILES string of the molecule is Nc1cccc(F)c1S(=O)(=O)NCCC(F)(F)F. The average molecular weight is 286 g/mol. The number of hydrogen-bond acceptors (Lipinski definition) is 3. The summed E-state index contributed by atoms with van der Waals surface area (Å²) in [6, 6.07) is 3.19. The molecule has 0 saturated carbocycles. The number of nitrogen functional groups attached to an aromatic ring is 1. The Morgan fingerprint density at radius 3 is 2.39 bits per heavy atom. The monoisotopic (exact) mass is 286 g/mol. The lowest BCUT2D eigenvalue weighted by Crippen LogP contribution is -2.29. The van der Waals surface area contributed by atoms with Gasteiger partial charge in [-0.2, -0.15) is 13.2 Å². The third kappa shape index (κ3) is 3.84. The summed E-state index contributed by atoms with van der Waals surface area (Å²) in [6.45, 7) is -0.875. The third-order valence-electron chi connectivity index (χ3n) is 1.97. The highest BCUT2D eigenvalue weighted by atomic mass is 32.2. The van der Waals surface area contributed by atoms with E-state index in [-0.39, 0.29) is 5.69 Å². The molecule has 0 radical (unpaired) electrons. The minimum absolute atomic E-state index is 0.366. The highest BCUT2D eigenvalue weighted by molar-refractivity contribution is 7.89. The molecule has 9 heteroatoms. The van der Waals surface area contributed by atoms with Crippen molar-refractivity contribution in [2.24, 2.45) is 0 Å². The van der Waals surface area contributed by atoms with Crippen molar-refractivity contribution < 1.29 is 26.0 Å². The maximum Gasteiger partial charge on any atom is 0.390 e. The molecule has 18 heavy (non-hydrogen) atoms. The summed E-state index contributed by atoms with van der Waals surface area (Å²) >= 11 is 0. The minimum atomic E-state index is -4.50. The number of rotatable bonds is 4. The van der Waals surface area contributed by atoms with Crippen LogP contribution in [0.2, 0.25) is 0 Å². The van der Waals surface area contributed by atoms with Gasteiger partial charge in [0.25, 0.3) is 0 Å². The molecule has 0 bridgehead atoms. The smallest absolute Gasteiger partial charge is 0.390 e. The minimum Gasteiger partial charge on any atom is -0.398 e. The van der Waals surface area contributed by atoms with E-state index in [1.807, 2.05) is 0 Å². The number of halogens is 4. The summed E-state index contributed by atoms with van der Waals surface area (Å²) in [5, 5.41) is 0. The predicted molar refractivity (Wildman–Crippen MR) is 56.7 cm³/mol. The normalized spacial score (nSPS) is 12.7. The van der Waals surface area contributed by atoms with Crippen molar-refractivity contribution in [1.82, 2.24) is 4.72 Å². The number of alkyl halides is 3. The van der Waals surface area contributed by atoms with Crippen LogP contribution in [-0.4, -0.2) is 21.1 Å². The van der Waals surface area contributed by atoms with Gasteiger partial charge >= 0.3 is 6.18 Å². The highest BCUT2D eigenvalue weighted by Crippen LogP contribution is 2.22. The zero-order valence-corrected chi connectivity index (χ0v) is 9.78.